The zero-order valence-electron chi connectivity index (χ0n) is 23.9. The van der Waals surface area contributed by atoms with Gasteiger partial charge in [-0.2, -0.15) is 0 Å². The van der Waals surface area contributed by atoms with Crippen LogP contribution in [0.15, 0.2) is 11.6 Å². The molecule has 1 unspecified atom stereocenters. The lowest BCUT2D eigenvalue weighted by Crippen LogP contribution is -2.68. The summed E-state index contributed by atoms with van der Waals surface area (Å²) in [6, 6.07) is -0.390. The number of carbonyl (C=O) groups is 3. The molecule has 2 saturated heterocycles. The van der Waals surface area contributed by atoms with Gasteiger partial charge in [-0.05, 0) is 59.2 Å². The lowest BCUT2D eigenvalue weighted by atomic mass is 9.84. The van der Waals surface area contributed by atoms with Crippen LogP contribution in [0, 0.1) is 11.8 Å². The molecule has 0 aromatic heterocycles. The first-order valence-electron chi connectivity index (χ1n) is 13.5. The third-order valence-corrected chi connectivity index (χ3v) is 9.44. The minimum atomic E-state index is -1.74. The first-order chi connectivity index (χ1) is 18.1. The number of Topliss-reactive ketones (excluding diaryl/α,β-unsaturated/α-hetero) is 2. The smallest absolute Gasteiger partial charge is 0.316 e. The third-order valence-electron chi connectivity index (χ3n) is 8.17. The molecule has 4 N–H and O–H groups in total. The zero-order valence-corrected chi connectivity index (χ0v) is 26.1. The molecule has 0 aliphatic carbocycles. The summed E-state index contributed by atoms with van der Waals surface area (Å²) in [6.45, 7) is 9.85. The summed E-state index contributed by atoms with van der Waals surface area (Å²) in [6.07, 6.45) is -1.28. The Bertz CT molecular complexity index is 990. The van der Waals surface area contributed by atoms with Gasteiger partial charge >= 0.3 is 5.97 Å². The van der Waals surface area contributed by atoms with E-state index in [0.717, 1.165) is 0 Å². The number of cyclic esters (lactones) is 1. The lowest BCUT2D eigenvalue weighted by molar-refractivity contribution is -0.324. The highest BCUT2D eigenvalue weighted by Gasteiger charge is 2.66. The highest BCUT2D eigenvalue weighted by molar-refractivity contribution is 14.1. The van der Waals surface area contributed by atoms with Crippen LogP contribution in [0.5, 0.6) is 0 Å². The van der Waals surface area contributed by atoms with Crippen LogP contribution in [0.3, 0.4) is 0 Å². The summed E-state index contributed by atoms with van der Waals surface area (Å²) in [5.41, 5.74) is -2.79. The maximum Gasteiger partial charge on any atom is 0.316 e. The van der Waals surface area contributed by atoms with Crippen molar-refractivity contribution in [3.05, 3.63) is 11.6 Å². The Hall–Kier alpha value is -1.00. The Kier molecular flexibility index (Phi) is 10.1. The molecular weight excluding hydrogens is 623 g/mol. The highest BCUT2D eigenvalue weighted by atomic mass is 127. The average Bonchev–Trinajstić information content (AvgIpc) is 3.20. The molecule has 39 heavy (non-hydrogen) atoms. The Morgan fingerprint density at radius 3 is 2.44 bits per heavy atom. The van der Waals surface area contributed by atoms with Crippen LogP contribution in [0.1, 0.15) is 60.8 Å². The number of rotatable bonds is 3. The quantitative estimate of drug-likeness (QED) is 0.150. The van der Waals surface area contributed by atoms with E-state index in [4.69, 9.17) is 18.9 Å². The number of halogens is 1. The van der Waals surface area contributed by atoms with Gasteiger partial charge in [0.05, 0.1) is 6.10 Å². The number of aliphatic hydroxyl groups is 2. The molecule has 0 saturated carbocycles. The number of likely N-dealkylation sites (N-methyl/N-ethyl adjacent to an activating group) is 1. The molecule has 12 heteroatoms. The first kappa shape index (κ1) is 32.5. The summed E-state index contributed by atoms with van der Waals surface area (Å²) in [5, 5.41) is 28.8. The van der Waals surface area contributed by atoms with E-state index in [9.17, 15) is 24.6 Å². The van der Waals surface area contributed by atoms with Crippen molar-refractivity contribution in [3.8, 4) is 0 Å². The van der Waals surface area contributed by atoms with Gasteiger partial charge in [0.15, 0.2) is 17.3 Å². The van der Waals surface area contributed by atoms with E-state index in [-0.39, 0.29) is 24.7 Å². The van der Waals surface area contributed by atoms with Crippen molar-refractivity contribution in [1.82, 2.24) is 10.6 Å². The second-order valence-corrected chi connectivity index (χ2v) is 12.7. The molecule has 3 aliphatic heterocycles. The molecule has 3 aliphatic rings. The van der Waals surface area contributed by atoms with E-state index in [0.29, 0.717) is 12.0 Å². The topological polar surface area (TPSA) is 153 Å². The number of fused-ring (bicyclic) bond motifs is 1. The van der Waals surface area contributed by atoms with Crippen LogP contribution < -0.4 is 10.6 Å². The van der Waals surface area contributed by atoms with Gasteiger partial charge in [0.1, 0.15) is 33.8 Å². The normalized spacial score (nSPS) is 47.8. The van der Waals surface area contributed by atoms with Crippen LogP contribution in [0.4, 0.5) is 0 Å². The predicted octanol–water partition coefficient (Wildman–Crippen LogP) is 1.37. The Labute approximate surface area is 243 Å². The van der Waals surface area contributed by atoms with E-state index >= 15 is 0 Å². The van der Waals surface area contributed by atoms with Gasteiger partial charge in [0, 0.05) is 25.5 Å². The molecule has 11 nitrogen and oxygen atoms in total. The second kappa shape index (κ2) is 12.1. The Morgan fingerprint density at radius 1 is 1.23 bits per heavy atom. The van der Waals surface area contributed by atoms with Crippen LogP contribution >= 0.6 is 22.6 Å². The van der Waals surface area contributed by atoms with E-state index in [1.54, 1.807) is 27.8 Å². The van der Waals surface area contributed by atoms with Crippen molar-refractivity contribution in [2.24, 2.45) is 11.8 Å². The van der Waals surface area contributed by atoms with Crippen LogP contribution in [0.25, 0.3) is 0 Å². The van der Waals surface area contributed by atoms with Gasteiger partial charge in [0.25, 0.3) is 5.91 Å². The van der Waals surface area contributed by atoms with Crippen LogP contribution in [-0.4, -0.2) is 93.5 Å². The highest BCUT2D eigenvalue weighted by Crippen LogP contribution is 2.45. The number of alkyl halides is 1. The number of ketones is 2. The fourth-order valence-electron chi connectivity index (χ4n) is 5.94. The fourth-order valence-corrected chi connectivity index (χ4v) is 7.21. The lowest BCUT2D eigenvalue weighted by Gasteiger charge is -2.45. The number of aliphatic hydroxyl groups excluding tert-OH is 1. The molecule has 0 aromatic carbocycles. The third kappa shape index (κ3) is 6.13. The SMILES string of the molecule is CCC1OC(=O)[C@H](C)C(=O)[C@H](I)[C@H]2O[C@]3(N[C@@]2(OC)C[C@@H](C)C(=O)/C(C)=C/[C@]1(C)O)O[C@H](C)C[C@H](NC)[C@H]3O. The fraction of sp³-hybridized carbons (Fsp3) is 0.815. The summed E-state index contributed by atoms with van der Waals surface area (Å²) in [5.74, 6) is -5.10. The molecule has 11 atom stereocenters. The maximum absolute atomic E-state index is 13.7. The molecule has 222 valence electrons. The van der Waals surface area contributed by atoms with Crippen molar-refractivity contribution in [2.75, 3.05) is 14.2 Å². The molecule has 0 amide bonds. The number of methoxy groups -OCH3 is 1. The van der Waals surface area contributed by atoms with E-state index in [1.165, 1.54) is 27.0 Å². The molecule has 0 radical (unpaired) electrons. The summed E-state index contributed by atoms with van der Waals surface area (Å²) in [7, 11) is 3.16. The molecule has 1 spiro atoms. The van der Waals surface area contributed by atoms with E-state index in [1.807, 2.05) is 29.5 Å². The average molecular weight is 667 g/mol. The molecular formula is C27H43IN2O9. The molecule has 0 aromatic rings. The van der Waals surface area contributed by atoms with Crippen LogP contribution in [0.2, 0.25) is 0 Å². The van der Waals surface area contributed by atoms with Gasteiger partial charge in [0.2, 0.25) is 0 Å². The van der Waals surface area contributed by atoms with Crippen LogP contribution in [-0.2, 0) is 33.3 Å². The van der Waals surface area contributed by atoms with Crippen molar-refractivity contribution >= 4 is 40.1 Å². The molecule has 0 bridgehead atoms. The monoisotopic (exact) mass is 666 g/mol. The van der Waals surface area contributed by atoms with Gasteiger partial charge in [-0.3, -0.25) is 14.4 Å². The largest absolute Gasteiger partial charge is 0.458 e. The second-order valence-electron chi connectivity index (χ2n) is 11.3. The van der Waals surface area contributed by atoms with E-state index < -0.39 is 69.1 Å². The number of hydrogen-bond acceptors (Lipinski definition) is 11. The summed E-state index contributed by atoms with van der Waals surface area (Å²) >= 11 is 1.91. The number of esters is 1. The van der Waals surface area contributed by atoms with Crippen molar-refractivity contribution in [1.29, 1.82) is 0 Å². The van der Waals surface area contributed by atoms with Gasteiger partial charge < -0.3 is 34.5 Å². The van der Waals surface area contributed by atoms with Crippen molar-refractivity contribution in [3.63, 3.8) is 0 Å². The Morgan fingerprint density at radius 2 is 1.87 bits per heavy atom. The van der Waals surface area contributed by atoms with Gasteiger partial charge in [-0.15, -0.1) is 0 Å². The number of ether oxygens (including phenoxy) is 4. The molecule has 3 heterocycles. The predicted molar refractivity (Wildman–Crippen MR) is 150 cm³/mol. The number of nitrogens with one attached hydrogen (secondary N) is 2. The van der Waals surface area contributed by atoms with Crippen molar-refractivity contribution < 1.29 is 43.5 Å². The number of allylic oxidation sites excluding steroid dienone is 1. The van der Waals surface area contributed by atoms with Gasteiger partial charge in [-0.25, -0.2) is 5.32 Å². The minimum absolute atomic E-state index is 0.0551. The van der Waals surface area contributed by atoms with Crippen molar-refractivity contribution in [2.45, 2.75) is 112 Å². The minimum Gasteiger partial charge on any atom is -0.458 e. The maximum atomic E-state index is 13.7. The standard InChI is InChI=1S/C27H43IN2O9/c1-9-18-25(6,35)11-13(2)20(31)14(3)12-26(36-8)23(19(28)21(32)16(5)24(34)37-18)39-27(30-26)22(33)17(29-7)10-15(4)38-27/h11,14-19,22-23,29-30,33,35H,9-10,12H2,1-8H3/b13-11+/t14-,15-,16-,17+,18?,19+,22-,23-,25+,26-,27-/m1/s1. The molecule has 2 fully saturated rings. The zero-order chi connectivity index (χ0) is 29.5. The number of carbonyl (C=O) groups excluding carboxylic acids is 3. The first-order valence-corrected chi connectivity index (χ1v) is 14.7. The van der Waals surface area contributed by atoms with Gasteiger partial charge in [-0.1, -0.05) is 36.4 Å². The summed E-state index contributed by atoms with van der Waals surface area (Å²) < 4.78 is 23.2. The molecule has 3 rings (SSSR count). The number of hydrogen-bond donors (Lipinski definition) is 4. The Balaban J connectivity index is 2.15. The van der Waals surface area contributed by atoms with E-state index in [2.05, 4.69) is 10.6 Å². The summed E-state index contributed by atoms with van der Waals surface area (Å²) in [4.78, 5) is 40.3.